The lowest BCUT2D eigenvalue weighted by Crippen LogP contribution is -1.88. The fraction of sp³-hybridized carbons (Fsp3) is 0. The van der Waals surface area contributed by atoms with Gasteiger partial charge < -0.3 is 5.73 Å². The van der Waals surface area contributed by atoms with Gasteiger partial charge in [0.2, 0.25) is 0 Å². The van der Waals surface area contributed by atoms with E-state index in [0.717, 1.165) is 0 Å². The van der Waals surface area contributed by atoms with Gasteiger partial charge in [-0.3, -0.25) is 0 Å². The lowest BCUT2D eigenvalue weighted by Gasteiger charge is -1.97. The lowest BCUT2D eigenvalue weighted by molar-refractivity contribution is 1.58. The van der Waals surface area contributed by atoms with Crippen molar-refractivity contribution in [2.75, 3.05) is 5.73 Å². The maximum atomic E-state index is 5.49. The zero-order valence-electron chi connectivity index (χ0n) is 5.96. The van der Waals surface area contributed by atoms with E-state index < -0.39 is 0 Å². The molecule has 0 heterocycles. The third kappa shape index (κ3) is 1.34. The first-order chi connectivity index (χ1) is 5.27. The molecular formula is C10H7N. The van der Waals surface area contributed by atoms with Crippen LogP contribution >= 0.6 is 0 Å². The second-order valence-electron chi connectivity index (χ2n) is 2.09. The Morgan fingerprint density at radius 2 is 1.73 bits per heavy atom. The number of hydrogen-bond acceptors (Lipinski definition) is 1. The van der Waals surface area contributed by atoms with Crippen LogP contribution in [0.3, 0.4) is 0 Å². The maximum Gasteiger partial charge on any atom is 0.0419 e. The molecule has 0 amide bonds. The van der Waals surface area contributed by atoms with E-state index >= 15 is 0 Å². The summed E-state index contributed by atoms with van der Waals surface area (Å²) < 4.78 is 0. The Morgan fingerprint density at radius 3 is 2.27 bits per heavy atom. The summed E-state index contributed by atoms with van der Waals surface area (Å²) in [6.45, 7) is 0. The highest BCUT2D eigenvalue weighted by Gasteiger charge is 1.95. The molecule has 2 N–H and O–H groups in total. The lowest BCUT2D eigenvalue weighted by atomic mass is 10.1. The monoisotopic (exact) mass is 141 g/mol. The molecule has 1 aromatic carbocycles. The standard InChI is InChI=1S/C10H7N/c1-3-8-5-6-10(11)7-9(8)4-2/h1-2,5-7H,11H2. The number of nitrogens with two attached hydrogens (primary N) is 1. The van der Waals surface area contributed by atoms with Crippen molar-refractivity contribution in [1.29, 1.82) is 0 Å². The minimum absolute atomic E-state index is 0.636. The van der Waals surface area contributed by atoms with Crippen LogP contribution in [0.2, 0.25) is 0 Å². The molecule has 1 aromatic rings. The molecule has 0 aliphatic carbocycles. The summed E-state index contributed by atoms with van der Waals surface area (Å²) in [6, 6.07) is 5.16. The fourth-order valence-electron chi connectivity index (χ4n) is 0.807. The van der Waals surface area contributed by atoms with E-state index in [4.69, 9.17) is 18.6 Å². The summed E-state index contributed by atoms with van der Waals surface area (Å²) in [5.74, 6) is 4.94. The van der Waals surface area contributed by atoms with Gasteiger partial charge in [-0.1, -0.05) is 11.8 Å². The molecule has 0 saturated carbocycles. The molecule has 0 atom stereocenters. The Kier molecular flexibility index (Phi) is 1.86. The highest BCUT2D eigenvalue weighted by atomic mass is 14.5. The van der Waals surface area contributed by atoms with Crippen molar-refractivity contribution >= 4 is 5.69 Å². The highest BCUT2D eigenvalue weighted by molar-refractivity contribution is 5.55. The molecule has 0 radical (unpaired) electrons. The van der Waals surface area contributed by atoms with Crippen LogP contribution < -0.4 is 5.73 Å². The van der Waals surface area contributed by atoms with Crippen LogP contribution in [0.15, 0.2) is 18.2 Å². The summed E-state index contributed by atoms with van der Waals surface area (Å²) in [4.78, 5) is 0. The molecule has 1 nitrogen and oxygen atoms in total. The molecule has 1 rings (SSSR count). The first-order valence-electron chi connectivity index (χ1n) is 3.10. The third-order valence-electron chi connectivity index (χ3n) is 1.35. The van der Waals surface area contributed by atoms with Crippen LogP contribution in [0.1, 0.15) is 11.1 Å². The quantitative estimate of drug-likeness (QED) is 0.427. The Morgan fingerprint density at radius 1 is 1.09 bits per heavy atom. The van der Waals surface area contributed by atoms with Crippen molar-refractivity contribution in [2.24, 2.45) is 0 Å². The van der Waals surface area contributed by atoms with E-state index in [2.05, 4.69) is 11.8 Å². The summed E-state index contributed by atoms with van der Waals surface area (Å²) in [6.07, 6.45) is 10.4. The smallest absolute Gasteiger partial charge is 0.0419 e. The second-order valence-corrected chi connectivity index (χ2v) is 2.09. The number of nitrogen functional groups attached to an aromatic ring is 1. The van der Waals surface area contributed by atoms with E-state index in [0.29, 0.717) is 16.8 Å². The molecule has 0 saturated heterocycles. The Labute approximate surface area is 66.2 Å². The summed E-state index contributed by atoms with van der Waals surface area (Å²) in [7, 11) is 0. The molecule has 0 unspecified atom stereocenters. The number of anilines is 1. The van der Waals surface area contributed by atoms with Crippen LogP contribution in [0, 0.1) is 24.7 Å². The molecule has 0 bridgehead atoms. The average Bonchev–Trinajstić information content (AvgIpc) is 2.04. The van der Waals surface area contributed by atoms with Gasteiger partial charge in [0.15, 0.2) is 0 Å². The van der Waals surface area contributed by atoms with Gasteiger partial charge in [0.25, 0.3) is 0 Å². The van der Waals surface area contributed by atoms with Gasteiger partial charge in [0.1, 0.15) is 0 Å². The van der Waals surface area contributed by atoms with E-state index in [-0.39, 0.29) is 0 Å². The molecule has 0 aliphatic rings. The van der Waals surface area contributed by atoms with Crippen molar-refractivity contribution in [3.8, 4) is 24.7 Å². The van der Waals surface area contributed by atoms with Gasteiger partial charge in [-0.05, 0) is 18.2 Å². The number of rotatable bonds is 0. The first kappa shape index (κ1) is 7.25. The highest BCUT2D eigenvalue weighted by Crippen LogP contribution is 2.10. The van der Waals surface area contributed by atoms with E-state index in [1.807, 2.05) is 0 Å². The van der Waals surface area contributed by atoms with Crippen LogP contribution in [-0.4, -0.2) is 0 Å². The van der Waals surface area contributed by atoms with Crippen LogP contribution in [0.5, 0.6) is 0 Å². The zero-order valence-corrected chi connectivity index (χ0v) is 5.96. The van der Waals surface area contributed by atoms with Crippen molar-refractivity contribution in [1.82, 2.24) is 0 Å². The number of benzene rings is 1. The summed E-state index contributed by atoms with van der Waals surface area (Å²) in [5.41, 5.74) is 7.51. The molecule has 52 valence electrons. The SMILES string of the molecule is C#Cc1ccc(N)cc1C#C. The normalized spacial score (nSPS) is 8.18. The van der Waals surface area contributed by atoms with Crippen molar-refractivity contribution < 1.29 is 0 Å². The van der Waals surface area contributed by atoms with E-state index in [1.54, 1.807) is 18.2 Å². The van der Waals surface area contributed by atoms with E-state index in [9.17, 15) is 0 Å². The Hall–Kier alpha value is -1.86. The fourth-order valence-corrected chi connectivity index (χ4v) is 0.807. The predicted octanol–water partition coefficient (Wildman–Crippen LogP) is 1.23. The van der Waals surface area contributed by atoms with Crippen LogP contribution in [0.4, 0.5) is 5.69 Å². The van der Waals surface area contributed by atoms with E-state index in [1.165, 1.54) is 0 Å². The second kappa shape index (κ2) is 2.82. The van der Waals surface area contributed by atoms with Gasteiger partial charge in [-0.25, -0.2) is 0 Å². The minimum Gasteiger partial charge on any atom is -0.399 e. The third-order valence-corrected chi connectivity index (χ3v) is 1.35. The van der Waals surface area contributed by atoms with Gasteiger partial charge in [-0.2, -0.15) is 0 Å². The Bertz CT molecular complexity index is 350. The topological polar surface area (TPSA) is 26.0 Å². The van der Waals surface area contributed by atoms with Gasteiger partial charge >= 0.3 is 0 Å². The maximum absolute atomic E-state index is 5.49. The minimum atomic E-state index is 0.636. The molecule has 0 aliphatic heterocycles. The Balaban J connectivity index is 3.34. The largest absolute Gasteiger partial charge is 0.399 e. The average molecular weight is 141 g/mol. The first-order valence-corrected chi connectivity index (χ1v) is 3.10. The van der Waals surface area contributed by atoms with Crippen molar-refractivity contribution in [3.63, 3.8) is 0 Å². The van der Waals surface area contributed by atoms with Crippen molar-refractivity contribution in [3.05, 3.63) is 29.3 Å². The molecular weight excluding hydrogens is 134 g/mol. The molecule has 0 aromatic heterocycles. The summed E-state index contributed by atoms with van der Waals surface area (Å²) >= 11 is 0. The van der Waals surface area contributed by atoms with Crippen LogP contribution in [0.25, 0.3) is 0 Å². The molecule has 1 heteroatoms. The zero-order chi connectivity index (χ0) is 8.27. The summed E-state index contributed by atoms with van der Waals surface area (Å²) in [5, 5.41) is 0. The van der Waals surface area contributed by atoms with Crippen molar-refractivity contribution in [2.45, 2.75) is 0 Å². The molecule has 0 spiro atoms. The van der Waals surface area contributed by atoms with Gasteiger partial charge in [0.05, 0.1) is 0 Å². The van der Waals surface area contributed by atoms with Gasteiger partial charge in [-0.15, -0.1) is 12.8 Å². The molecule has 11 heavy (non-hydrogen) atoms. The molecule has 0 fully saturated rings. The van der Waals surface area contributed by atoms with Gasteiger partial charge in [0, 0.05) is 16.8 Å². The predicted molar refractivity (Wildman–Crippen MR) is 46.7 cm³/mol. The van der Waals surface area contributed by atoms with Crippen LogP contribution in [-0.2, 0) is 0 Å². The number of hydrogen-bond donors (Lipinski definition) is 1. The number of terminal acetylenes is 2.